The van der Waals surface area contributed by atoms with Crippen molar-refractivity contribution < 1.29 is 5.11 Å². The maximum absolute atomic E-state index is 9.11. The second kappa shape index (κ2) is 5.51. The third-order valence-electron chi connectivity index (χ3n) is 3.42. The van der Waals surface area contributed by atoms with E-state index in [9.17, 15) is 0 Å². The summed E-state index contributed by atoms with van der Waals surface area (Å²) in [6.45, 7) is 5.59. The van der Waals surface area contributed by atoms with E-state index in [-0.39, 0.29) is 6.61 Å². The fourth-order valence-corrected chi connectivity index (χ4v) is 3.47. The molecule has 1 N–H and O–H groups in total. The van der Waals surface area contributed by atoms with Crippen molar-refractivity contribution in [3.63, 3.8) is 0 Å². The van der Waals surface area contributed by atoms with Crippen LogP contribution in [-0.4, -0.2) is 28.7 Å². The summed E-state index contributed by atoms with van der Waals surface area (Å²) in [6.07, 6.45) is 0. The van der Waals surface area contributed by atoms with Gasteiger partial charge in [0.05, 0.1) is 6.61 Å². The lowest BCUT2D eigenvalue weighted by Crippen LogP contribution is -2.44. The lowest BCUT2D eigenvalue weighted by atomic mass is 10.1. The van der Waals surface area contributed by atoms with Crippen LogP contribution in [-0.2, 0) is 6.61 Å². The molecular formula is C13H18ClNOS. The van der Waals surface area contributed by atoms with Crippen molar-refractivity contribution in [2.45, 2.75) is 31.7 Å². The fourth-order valence-electron chi connectivity index (χ4n) is 2.14. The van der Waals surface area contributed by atoms with Crippen LogP contribution in [0.15, 0.2) is 18.2 Å². The van der Waals surface area contributed by atoms with Crippen LogP contribution in [0.25, 0.3) is 0 Å². The summed E-state index contributed by atoms with van der Waals surface area (Å²) >= 11 is 8.16. The molecule has 2 atom stereocenters. The third kappa shape index (κ3) is 2.72. The Bertz CT molecular complexity index is 399. The zero-order chi connectivity index (χ0) is 12.4. The Morgan fingerprint density at radius 1 is 1.47 bits per heavy atom. The first-order valence-corrected chi connectivity index (χ1v) is 7.33. The normalized spacial score (nSPS) is 25.1. The lowest BCUT2D eigenvalue weighted by molar-refractivity contribution is 0.282. The number of aliphatic hydroxyl groups is 1. The Labute approximate surface area is 112 Å². The molecule has 1 aromatic rings. The van der Waals surface area contributed by atoms with Crippen LogP contribution in [0.3, 0.4) is 0 Å². The summed E-state index contributed by atoms with van der Waals surface area (Å²) < 4.78 is 0. The van der Waals surface area contributed by atoms with Crippen LogP contribution in [0.4, 0.5) is 5.69 Å². The highest BCUT2D eigenvalue weighted by Gasteiger charge is 2.25. The van der Waals surface area contributed by atoms with E-state index < -0.39 is 0 Å². The molecule has 1 heterocycles. The third-order valence-corrected chi connectivity index (χ3v) is 5.11. The molecule has 0 bridgehead atoms. The van der Waals surface area contributed by atoms with Crippen molar-refractivity contribution >= 4 is 29.1 Å². The maximum Gasteiger partial charge on any atom is 0.0696 e. The average molecular weight is 272 g/mol. The highest BCUT2D eigenvalue weighted by molar-refractivity contribution is 8.00. The van der Waals surface area contributed by atoms with Crippen molar-refractivity contribution in [1.82, 2.24) is 0 Å². The van der Waals surface area contributed by atoms with Crippen molar-refractivity contribution in [3.8, 4) is 0 Å². The number of aliphatic hydroxyl groups excluding tert-OH is 1. The van der Waals surface area contributed by atoms with E-state index in [1.54, 1.807) is 0 Å². The van der Waals surface area contributed by atoms with Crippen molar-refractivity contribution in [2.24, 2.45) is 0 Å². The Hall–Kier alpha value is -0.380. The Morgan fingerprint density at radius 3 is 2.88 bits per heavy atom. The Balaban J connectivity index is 2.24. The minimum absolute atomic E-state index is 0.000914. The van der Waals surface area contributed by atoms with E-state index in [0.29, 0.717) is 16.3 Å². The number of thioether (sulfide) groups is 1. The zero-order valence-electron chi connectivity index (χ0n) is 10.2. The second-order valence-electron chi connectivity index (χ2n) is 4.44. The summed E-state index contributed by atoms with van der Waals surface area (Å²) in [6, 6.07) is 6.45. The smallest absolute Gasteiger partial charge is 0.0696 e. The minimum atomic E-state index is 0.000914. The summed E-state index contributed by atoms with van der Waals surface area (Å²) in [7, 11) is 0. The van der Waals surface area contributed by atoms with Crippen molar-refractivity contribution in [1.29, 1.82) is 0 Å². The largest absolute Gasteiger partial charge is 0.392 e. The van der Waals surface area contributed by atoms with Crippen LogP contribution >= 0.6 is 23.4 Å². The van der Waals surface area contributed by atoms with Crippen LogP contribution in [0.2, 0.25) is 5.02 Å². The van der Waals surface area contributed by atoms with Gasteiger partial charge in [-0.05, 0) is 24.6 Å². The SMILES string of the molecule is CC1SCCN(c2ccc(CO)c(Cl)c2)C1C. The van der Waals surface area contributed by atoms with Crippen LogP contribution < -0.4 is 4.90 Å². The molecule has 0 saturated carbocycles. The number of rotatable bonds is 2. The average Bonchev–Trinajstić information content (AvgIpc) is 2.32. The summed E-state index contributed by atoms with van der Waals surface area (Å²) in [5.74, 6) is 1.16. The molecule has 2 rings (SSSR count). The van der Waals surface area contributed by atoms with Gasteiger partial charge < -0.3 is 10.0 Å². The first-order valence-electron chi connectivity index (χ1n) is 5.91. The molecule has 2 nitrogen and oxygen atoms in total. The van der Waals surface area contributed by atoms with Crippen LogP contribution in [0, 0.1) is 0 Å². The number of benzene rings is 1. The van der Waals surface area contributed by atoms with E-state index in [4.69, 9.17) is 16.7 Å². The van der Waals surface area contributed by atoms with E-state index in [0.717, 1.165) is 23.5 Å². The number of hydrogen-bond acceptors (Lipinski definition) is 3. The van der Waals surface area contributed by atoms with Gasteiger partial charge in [-0.15, -0.1) is 0 Å². The van der Waals surface area contributed by atoms with E-state index in [1.807, 2.05) is 23.9 Å². The first-order chi connectivity index (χ1) is 8.13. The van der Waals surface area contributed by atoms with Gasteiger partial charge in [0.25, 0.3) is 0 Å². The molecule has 0 amide bonds. The van der Waals surface area contributed by atoms with Gasteiger partial charge in [0, 0.05) is 34.3 Å². The topological polar surface area (TPSA) is 23.5 Å². The van der Waals surface area contributed by atoms with Gasteiger partial charge in [-0.25, -0.2) is 0 Å². The molecule has 17 heavy (non-hydrogen) atoms. The Kier molecular flexibility index (Phi) is 4.23. The van der Waals surface area contributed by atoms with Gasteiger partial charge in [0.15, 0.2) is 0 Å². The molecule has 1 aliphatic heterocycles. The van der Waals surface area contributed by atoms with Gasteiger partial charge in [-0.1, -0.05) is 24.6 Å². The van der Waals surface area contributed by atoms with Gasteiger partial charge >= 0.3 is 0 Å². The summed E-state index contributed by atoms with van der Waals surface area (Å²) in [5, 5.41) is 10.4. The van der Waals surface area contributed by atoms with Crippen molar-refractivity contribution in [3.05, 3.63) is 28.8 Å². The number of hydrogen-bond donors (Lipinski definition) is 1. The predicted octanol–water partition coefficient (Wildman–Crippen LogP) is 3.16. The van der Waals surface area contributed by atoms with Gasteiger partial charge in [-0.3, -0.25) is 0 Å². The van der Waals surface area contributed by atoms with Gasteiger partial charge in [-0.2, -0.15) is 11.8 Å². The van der Waals surface area contributed by atoms with E-state index in [1.165, 1.54) is 0 Å². The molecule has 4 heteroatoms. The number of anilines is 1. The Morgan fingerprint density at radius 2 is 2.24 bits per heavy atom. The predicted molar refractivity (Wildman–Crippen MR) is 76.1 cm³/mol. The molecule has 94 valence electrons. The van der Waals surface area contributed by atoms with Crippen molar-refractivity contribution in [2.75, 3.05) is 17.2 Å². The number of halogens is 1. The molecule has 2 unspecified atom stereocenters. The standard InChI is InChI=1S/C13H18ClNOS/c1-9-10(2)17-6-5-15(9)12-4-3-11(8-16)13(14)7-12/h3-4,7,9-10,16H,5-6,8H2,1-2H3. The molecule has 0 aromatic heterocycles. The summed E-state index contributed by atoms with van der Waals surface area (Å²) in [5.41, 5.74) is 1.95. The number of nitrogens with zero attached hydrogens (tertiary/aromatic N) is 1. The quantitative estimate of drug-likeness (QED) is 0.894. The summed E-state index contributed by atoms with van der Waals surface area (Å²) in [4.78, 5) is 2.40. The molecule has 1 aromatic carbocycles. The first kappa shape index (κ1) is 13.1. The van der Waals surface area contributed by atoms with E-state index in [2.05, 4.69) is 24.8 Å². The van der Waals surface area contributed by atoms with Gasteiger partial charge in [0.2, 0.25) is 0 Å². The van der Waals surface area contributed by atoms with Crippen LogP contribution in [0.1, 0.15) is 19.4 Å². The highest BCUT2D eigenvalue weighted by atomic mass is 35.5. The fraction of sp³-hybridized carbons (Fsp3) is 0.538. The molecule has 1 fully saturated rings. The molecule has 1 saturated heterocycles. The highest BCUT2D eigenvalue weighted by Crippen LogP contribution is 2.31. The molecule has 0 radical (unpaired) electrons. The monoisotopic (exact) mass is 271 g/mol. The zero-order valence-corrected chi connectivity index (χ0v) is 11.8. The minimum Gasteiger partial charge on any atom is -0.392 e. The van der Waals surface area contributed by atoms with Gasteiger partial charge in [0.1, 0.15) is 0 Å². The maximum atomic E-state index is 9.11. The van der Waals surface area contributed by atoms with E-state index >= 15 is 0 Å². The van der Waals surface area contributed by atoms with Crippen LogP contribution in [0.5, 0.6) is 0 Å². The molecule has 0 aliphatic carbocycles. The molecule has 1 aliphatic rings. The lowest BCUT2D eigenvalue weighted by Gasteiger charge is -2.39. The molecular weight excluding hydrogens is 254 g/mol. The molecule has 0 spiro atoms. The second-order valence-corrected chi connectivity index (χ2v) is 6.34.